The predicted molar refractivity (Wildman–Crippen MR) is 63.8 cm³/mol. The molecule has 1 heterocycles. The van der Waals surface area contributed by atoms with Gasteiger partial charge < -0.3 is 10.8 Å². The van der Waals surface area contributed by atoms with Crippen LogP contribution in [0.2, 0.25) is 0 Å². The summed E-state index contributed by atoms with van der Waals surface area (Å²) in [5, 5.41) is 10.1. The molecule has 2 aromatic rings. The largest absolute Gasteiger partial charge is 0.384 e. The highest BCUT2D eigenvalue weighted by Crippen LogP contribution is 2.26. The van der Waals surface area contributed by atoms with Gasteiger partial charge in [-0.15, -0.1) is 0 Å². The highest BCUT2D eigenvalue weighted by Gasteiger charge is 2.14. The number of hydrogen-bond donors (Lipinski definition) is 2. The van der Waals surface area contributed by atoms with Crippen LogP contribution < -0.4 is 5.73 Å². The van der Waals surface area contributed by atoms with Crippen molar-refractivity contribution in [3.63, 3.8) is 0 Å². The summed E-state index contributed by atoms with van der Waals surface area (Å²) < 4.78 is 13.1. The Morgan fingerprint density at radius 3 is 2.82 bits per heavy atom. The predicted octanol–water partition coefficient (Wildman–Crippen LogP) is 2.19. The van der Waals surface area contributed by atoms with Gasteiger partial charge in [-0.05, 0) is 36.2 Å². The second-order valence-corrected chi connectivity index (χ2v) is 3.94. The molecule has 4 heteroatoms. The van der Waals surface area contributed by atoms with Crippen LogP contribution in [0.3, 0.4) is 0 Å². The molecule has 0 spiro atoms. The molecular formula is C13H13FN2O. The highest BCUT2D eigenvalue weighted by atomic mass is 19.1. The van der Waals surface area contributed by atoms with Gasteiger partial charge in [0.2, 0.25) is 0 Å². The van der Waals surface area contributed by atoms with Gasteiger partial charge in [0.25, 0.3) is 0 Å². The number of aliphatic hydroxyl groups excluding tert-OH is 1. The molecule has 0 radical (unpaired) electrons. The van der Waals surface area contributed by atoms with Crippen molar-refractivity contribution in [3.8, 4) is 0 Å². The molecule has 0 fully saturated rings. The van der Waals surface area contributed by atoms with Gasteiger partial charge >= 0.3 is 0 Å². The number of anilines is 1. The third kappa shape index (κ3) is 2.42. The topological polar surface area (TPSA) is 59.1 Å². The lowest BCUT2D eigenvalue weighted by atomic mass is 10.0. The second kappa shape index (κ2) is 4.51. The van der Waals surface area contributed by atoms with Crippen molar-refractivity contribution in [2.75, 3.05) is 5.73 Å². The summed E-state index contributed by atoms with van der Waals surface area (Å²) in [5.41, 5.74) is 7.55. The first-order valence-electron chi connectivity index (χ1n) is 5.23. The normalized spacial score (nSPS) is 12.4. The van der Waals surface area contributed by atoms with E-state index >= 15 is 0 Å². The summed E-state index contributed by atoms with van der Waals surface area (Å²) in [6.07, 6.45) is 0.662. The van der Waals surface area contributed by atoms with Crippen LogP contribution >= 0.6 is 0 Å². The summed E-state index contributed by atoms with van der Waals surface area (Å²) in [5.74, 6) is -0.131. The van der Waals surface area contributed by atoms with Crippen molar-refractivity contribution in [1.82, 2.24) is 4.98 Å². The number of benzene rings is 1. The fraction of sp³-hybridized carbons (Fsp3) is 0.154. The Hall–Kier alpha value is -1.94. The van der Waals surface area contributed by atoms with E-state index in [2.05, 4.69) is 4.98 Å². The fourth-order valence-electron chi connectivity index (χ4n) is 1.68. The van der Waals surface area contributed by atoms with Gasteiger partial charge in [-0.3, -0.25) is 0 Å². The Morgan fingerprint density at radius 2 is 2.12 bits per heavy atom. The molecular weight excluding hydrogens is 219 g/mol. The number of aryl methyl sites for hydroxylation is 1. The average Bonchev–Trinajstić information content (AvgIpc) is 2.31. The van der Waals surface area contributed by atoms with Crippen LogP contribution in [0.15, 0.2) is 36.5 Å². The number of rotatable bonds is 2. The van der Waals surface area contributed by atoms with E-state index in [-0.39, 0.29) is 11.6 Å². The van der Waals surface area contributed by atoms with Crippen molar-refractivity contribution >= 4 is 5.82 Å². The van der Waals surface area contributed by atoms with Crippen LogP contribution in [0.4, 0.5) is 10.2 Å². The van der Waals surface area contributed by atoms with E-state index in [4.69, 9.17) is 5.73 Å². The summed E-state index contributed by atoms with van der Waals surface area (Å²) >= 11 is 0. The lowest BCUT2D eigenvalue weighted by Gasteiger charge is -2.13. The Kier molecular flexibility index (Phi) is 3.06. The maximum atomic E-state index is 13.1. The van der Waals surface area contributed by atoms with Crippen molar-refractivity contribution in [3.05, 3.63) is 59.0 Å². The molecule has 0 saturated heterocycles. The third-order valence-corrected chi connectivity index (χ3v) is 2.55. The van der Waals surface area contributed by atoms with E-state index in [9.17, 15) is 9.50 Å². The Morgan fingerprint density at radius 1 is 1.35 bits per heavy atom. The Labute approximate surface area is 98.7 Å². The lowest BCUT2D eigenvalue weighted by molar-refractivity contribution is 0.220. The van der Waals surface area contributed by atoms with E-state index in [0.717, 1.165) is 5.56 Å². The summed E-state index contributed by atoms with van der Waals surface area (Å²) in [4.78, 5) is 3.97. The minimum absolute atomic E-state index is 0.257. The summed E-state index contributed by atoms with van der Waals surface area (Å²) in [6.45, 7) is 1.86. The fourth-order valence-corrected chi connectivity index (χ4v) is 1.68. The smallest absolute Gasteiger partial charge is 0.129 e. The van der Waals surface area contributed by atoms with Crippen LogP contribution in [-0.4, -0.2) is 10.1 Å². The molecule has 1 aromatic heterocycles. The molecule has 0 aliphatic rings. The van der Waals surface area contributed by atoms with Gasteiger partial charge in [-0.2, -0.15) is 0 Å². The van der Waals surface area contributed by atoms with E-state index in [1.165, 1.54) is 12.1 Å². The molecule has 2 rings (SSSR count). The maximum Gasteiger partial charge on any atom is 0.129 e. The first kappa shape index (κ1) is 11.5. The second-order valence-electron chi connectivity index (χ2n) is 3.94. The van der Waals surface area contributed by atoms with Gasteiger partial charge in [-0.1, -0.05) is 12.1 Å². The zero-order valence-corrected chi connectivity index (χ0v) is 9.39. The zero-order valence-electron chi connectivity index (χ0n) is 9.39. The van der Waals surface area contributed by atoms with E-state index in [1.54, 1.807) is 24.4 Å². The number of aromatic nitrogens is 1. The average molecular weight is 232 g/mol. The molecule has 0 amide bonds. The standard InChI is InChI=1S/C13H13FN2O/c1-8-5-11(13(15)16-7-8)12(17)9-3-2-4-10(14)6-9/h2-7,12,17H,1H3,(H2,15,16). The third-order valence-electron chi connectivity index (χ3n) is 2.55. The number of pyridine rings is 1. The molecule has 88 valence electrons. The van der Waals surface area contributed by atoms with Crippen LogP contribution in [0, 0.1) is 12.7 Å². The van der Waals surface area contributed by atoms with E-state index in [1.807, 2.05) is 6.92 Å². The summed E-state index contributed by atoms with van der Waals surface area (Å²) in [7, 11) is 0. The summed E-state index contributed by atoms with van der Waals surface area (Å²) in [6, 6.07) is 7.56. The van der Waals surface area contributed by atoms with Crippen LogP contribution in [0.5, 0.6) is 0 Å². The minimum Gasteiger partial charge on any atom is -0.384 e. The van der Waals surface area contributed by atoms with E-state index in [0.29, 0.717) is 11.1 Å². The molecule has 1 atom stereocenters. The number of nitrogens with zero attached hydrogens (tertiary/aromatic N) is 1. The van der Waals surface area contributed by atoms with E-state index < -0.39 is 6.10 Å². The van der Waals surface area contributed by atoms with Crippen molar-refractivity contribution in [1.29, 1.82) is 0 Å². The minimum atomic E-state index is -0.960. The molecule has 3 N–H and O–H groups in total. The van der Waals surface area contributed by atoms with Crippen LogP contribution in [0.1, 0.15) is 22.8 Å². The van der Waals surface area contributed by atoms with Crippen LogP contribution in [0.25, 0.3) is 0 Å². The monoisotopic (exact) mass is 232 g/mol. The van der Waals surface area contributed by atoms with Gasteiger partial charge in [0.15, 0.2) is 0 Å². The molecule has 0 saturated carbocycles. The highest BCUT2D eigenvalue weighted by molar-refractivity contribution is 5.45. The molecule has 17 heavy (non-hydrogen) atoms. The van der Waals surface area contributed by atoms with Crippen molar-refractivity contribution in [2.24, 2.45) is 0 Å². The number of nitrogens with two attached hydrogens (primary N) is 1. The maximum absolute atomic E-state index is 13.1. The van der Waals surface area contributed by atoms with Gasteiger partial charge in [0.1, 0.15) is 17.7 Å². The van der Waals surface area contributed by atoms with Gasteiger partial charge in [0, 0.05) is 11.8 Å². The molecule has 1 aromatic carbocycles. The van der Waals surface area contributed by atoms with Gasteiger partial charge in [-0.25, -0.2) is 9.37 Å². The van der Waals surface area contributed by atoms with Crippen molar-refractivity contribution in [2.45, 2.75) is 13.0 Å². The molecule has 1 unspecified atom stereocenters. The molecule has 0 aliphatic carbocycles. The molecule has 3 nitrogen and oxygen atoms in total. The Balaban J connectivity index is 2.43. The van der Waals surface area contributed by atoms with Crippen molar-refractivity contribution < 1.29 is 9.50 Å². The lowest BCUT2D eigenvalue weighted by Crippen LogP contribution is -2.06. The quantitative estimate of drug-likeness (QED) is 0.834. The first-order chi connectivity index (χ1) is 8.08. The molecule has 0 aliphatic heterocycles. The molecule has 0 bridgehead atoms. The zero-order chi connectivity index (χ0) is 12.4. The number of halogens is 1. The number of hydrogen-bond acceptors (Lipinski definition) is 3. The SMILES string of the molecule is Cc1cnc(N)c(C(O)c2cccc(F)c2)c1. The van der Waals surface area contributed by atoms with Gasteiger partial charge in [0.05, 0.1) is 0 Å². The first-order valence-corrected chi connectivity index (χ1v) is 5.23. The van der Waals surface area contributed by atoms with Crippen LogP contribution in [-0.2, 0) is 0 Å². The number of aliphatic hydroxyl groups is 1. The number of nitrogen functional groups attached to an aromatic ring is 1. The Bertz CT molecular complexity index is 543.